The molecule has 1 aromatic carbocycles. The lowest BCUT2D eigenvalue weighted by molar-refractivity contribution is -0.165. The van der Waals surface area contributed by atoms with Crippen LogP contribution < -0.4 is 10.1 Å². The molecule has 1 saturated carbocycles. The number of amides is 2. The molecule has 29 heavy (non-hydrogen) atoms. The number of rotatable bonds is 8. The summed E-state index contributed by atoms with van der Waals surface area (Å²) in [5, 5.41) is 7.12. The number of hydrogen-bond donors (Lipinski definition) is 1. The Morgan fingerprint density at radius 2 is 2.10 bits per heavy atom. The maximum atomic E-state index is 12.9. The molecule has 1 aliphatic heterocycles. The standard InChI is InChI=1S/C21H26N4O4/c1-28-17-8-4-15(5-9-17)19-20(29-14-18(26)25(19)16-6-7-16)21(27)22-10-2-12-24-13-3-11-23-24/h3-5,8-9,11,13,16,19-20H,2,6-7,10,12,14H2,1H3,(H,22,27)/t19-,20+/m1/s1. The first-order valence-corrected chi connectivity index (χ1v) is 9.99. The van der Waals surface area contributed by atoms with Gasteiger partial charge >= 0.3 is 0 Å². The number of aryl methyl sites for hydroxylation is 1. The molecular formula is C21H26N4O4. The first kappa shape index (κ1) is 19.4. The summed E-state index contributed by atoms with van der Waals surface area (Å²) in [4.78, 5) is 27.4. The highest BCUT2D eigenvalue weighted by molar-refractivity contribution is 5.86. The van der Waals surface area contributed by atoms with Crippen LogP contribution in [0.4, 0.5) is 0 Å². The van der Waals surface area contributed by atoms with Gasteiger partial charge < -0.3 is 19.7 Å². The fraction of sp³-hybridized carbons (Fsp3) is 0.476. The van der Waals surface area contributed by atoms with Crippen LogP contribution in [0.5, 0.6) is 5.75 Å². The van der Waals surface area contributed by atoms with E-state index in [9.17, 15) is 9.59 Å². The summed E-state index contributed by atoms with van der Waals surface area (Å²) >= 11 is 0. The van der Waals surface area contributed by atoms with Crippen LogP contribution in [0.3, 0.4) is 0 Å². The molecule has 8 heteroatoms. The molecule has 1 aromatic heterocycles. The molecule has 8 nitrogen and oxygen atoms in total. The van der Waals surface area contributed by atoms with Crippen molar-refractivity contribution in [3.63, 3.8) is 0 Å². The van der Waals surface area contributed by atoms with Gasteiger partial charge in [-0.15, -0.1) is 0 Å². The Morgan fingerprint density at radius 3 is 2.76 bits per heavy atom. The van der Waals surface area contributed by atoms with Crippen molar-refractivity contribution < 1.29 is 19.1 Å². The zero-order valence-corrected chi connectivity index (χ0v) is 16.5. The quantitative estimate of drug-likeness (QED) is 0.682. The van der Waals surface area contributed by atoms with Gasteiger partial charge in [0.15, 0.2) is 6.10 Å². The van der Waals surface area contributed by atoms with Gasteiger partial charge in [0, 0.05) is 31.5 Å². The van der Waals surface area contributed by atoms with Gasteiger partial charge in [-0.25, -0.2) is 0 Å². The Hall–Kier alpha value is -2.87. The van der Waals surface area contributed by atoms with Crippen molar-refractivity contribution in [3.05, 3.63) is 48.3 Å². The van der Waals surface area contributed by atoms with Crippen LogP contribution in [0.2, 0.25) is 0 Å². The highest BCUT2D eigenvalue weighted by atomic mass is 16.5. The topological polar surface area (TPSA) is 85.7 Å². The monoisotopic (exact) mass is 398 g/mol. The molecule has 4 rings (SSSR count). The lowest BCUT2D eigenvalue weighted by Crippen LogP contribution is -2.55. The van der Waals surface area contributed by atoms with Crippen molar-refractivity contribution in [2.45, 2.75) is 44.0 Å². The summed E-state index contributed by atoms with van der Waals surface area (Å²) in [5.74, 6) is 0.481. The third-order valence-corrected chi connectivity index (χ3v) is 5.34. The summed E-state index contributed by atoms with van der Waals surface area (Å²) in [7, 11) is 1.61. The predicted octanol–water partition coefficient (Wildman–Crippen LogP) is 1.53. The van der Waals surface area contributed by atoms with Gasteiger partial charge in [-0.05, 0) is 43.0 Å². The second kappa shape index (κ2) is 8.65. The maximum absolute atomic E-state index is 12.9. The molecule has 154 valence electrons. The number of methoxy groups -OCH3 is 1. The minimum absolute atomic E-state index is 0.0592. The Labute approximate surface area is 169 Å². The number of aromatic nitrogens is 2. The van der Waals surface area contributed by atoms with E-state index in [0.29, 0.717) is 6.54 Å². The third kappa shape index (κ3) is 4.42. The van der Waals surface area contributed by atoms with Gasteiger partial charge in [0.2, 0.25) is 5.91 Å². The van der Waals surface area contributed by atoms with Crippen LogP contribution in [0, 0.1) is 0 Å². The van der Waals surface area contributed by atoms with Crippen molar-refractivity contribution in [1.82, 2.24) is 20.0 Å². The van der Waals surface area contributed by atoms with Crippen molar-refractivity contribution in [2.75, 3.05) is 20.3 Å². The molecule has 2 heterocycles. The molecule has 1 saturated heterocycles. The van der Waals surface area contributed by atoms with E-state index in [-0.39, 0.29) is 24.5 Å². The second-order valence-corrected chi connectivity index (χ2v) is 7.40. The van der Waals surface area contributed by atoms with E-state index in [2.05, 4.69) is 10.4 Å². The minimum atomic E-state index is -0.730. The van der Waals surface area contributed by atoms with Gasteiger partial charge in [0.1, 0.15) is 12.4 Å². The molecule has 2 fully saturated rings. The summed E-state index contributed by atoms with van der Waals surface area (Å²) in [6.07, 6.45) is 5.60. The van der Waals surface area contributed by atoms with Crippen molar-refractivity contribution >= 4 is 11.8 Å². The van der Waals surface area contributed by atoms with Crippen LogP contribution in [-0.4, -0.2) is 58.9 Å². The van der Waals surface area contributed by atoms with Crippen LogP contribution >= 0.6 is 0 Å². The van der Waals surface area contributed by atoms with Gasteiger partial charge in [-0.3, -0.25) is 14.3 Å². The largest absolute Gasteiger partial charge is 0.497 e. The van der Waals surface area contributed by atoms with E-state index in [1.807, 2.05) is 46.1 Å². The van der Waals surface area contributed by atoms with E-state index in [1.165, 1.54) is 0 Å². The van der Waals surface area contributed by atoms with Gasteiger partial charge in [0.25, 0.3) is 5.91 Å². The van der Waals surface area contributed by atoms with Gasteiger partial charge in [-0.2, -0.15) is 5.10 Å². The third-order valence-electron chi connectivity index (χ3n) is 5.34. The molecule has 2 atom stereocenters. The van der Waals surface area contributed by atoms with E-state index in [4.69, 9.17) is 9.47 Å². The van der Waals surface area contributed by atoms with E-state index >= 15 is 0 Å². The smallest absolute Gasteiger partial charge is 0.251 e. The number of benzene rings is 1. The number of ether oxygens (including phenoxy) is 2. The van der Waals surface area contributed by atoms with Crippen molar-refractivity contribution in [1.29, 1.82) is 0 Å². The van der Waals surface area contributed by atoms with E-state index < -0.39 is 12.1 Å². The van der Waals surface area contributed by atoms with Crippen LogP contribution in [0.25, 0.3) is 0 Å². The van der Waals surface area contributed by atoms with Crippen molar-refractivity contribution in [2.24, 2.45) is 0 Å². The SMILES string of the molecule is COc1ccc([C@@H]2[C@@H](C(=O)NCCCn3cccn3)OCC(=O)N2C2CC2)cc1. The molecule has 1 aliphatic carbocycles. The highest BCUT2D eigenvalue weighted by Gasteiger charge is 2.47. The molecular weight excluding hydrogens is 372 g/mol. The second-order valence-electron chi connectivity index (χ2n) is 7.40. The molecule has 0 unspecified atom stereocenters. The lowest BCUT2D eigenvalue weighted by atomic mass is 9.96. The zero-order chi connectivity index (χ0) is 20.2. The molecule has 0 spiro atoms. The van der Waals surface area contributed by atoms with Crippen LogP contribution in [0.1, 0.15) is 30.9 Å². The Bertz CT molecular complexity index is 833. The number of morpholine rings is 1. The summed E-state index contributed by atoms with van der Waals surface area (Å²) in [5.41, 5.74) is 0.877. The fourth-order valence-electron chi connectivity index (χ4n) is 3.75. The first-order valence-electron chi connectivity index (χ1n) is 9.99. The Balaban J connectivity index is 1.46. The van der Waals surface area contributed by atoms with Crippen LogP contribution in [-0.2, 0) is 20.9 Å². The maximum Gasteiger partial charge on any atom is 0.251 e. The van der Waals surface area contributed by atoms with Crippen LogP contribution in [0.15, 0.2) is 42.7 Å². The fourth-order valence-corrected chi connectivity index (χ4v) is 3.75. The van der Waals surface area contributed by atoms with E-state index in [0.717, 1.165) is 37.1 Å². The van der Waals surface area contributed by atoms with E-state index in [1.54, 1.807) is 13.3 Å². The van der Waals surface area contributed by atoms with Crippen molar-refractivity contribution in [3.8, 4) is 5.75 Å². The molecule has 2 aromatic rings. The molecule has 1 N–H and O–H groups in total. The minimum Gasteiger partial charge on any atom is -0.497 e. The lowest BCUT2D eigenvalue weighted by Gasteiger charge is -2.40. The van der Waals surface area contributed by atoms with Gasteiger partial charge in [-0.1, -0.05) is 12.1 Å². The molecule has 0 radical (unpaired) electrons. The number of carbonyl (C=O) groups excluding carboxylic acids is 2. The average Bonchev–Trinajstić information content (AvgIpc) is 3.45. The Kier molecular flexibility index (Phi) is 5.80. The average molecular weight is 398 g/mol. The van der Waals surface area contributed by atoms with Gasteiger partial charge in [0.05, 0.1) is 13.2 Å². The number of hydrogen-bond acceptors (Lipinski definition) is 5. The molecule has 0 bridgehead atoms. The number of carbonyl (C=O) groups is 2. The summed E-state index contributed by atoms with van der Waals surface area (Å²) < 4.78 is 12.8. The first-order chi connectivity index (χ1) is 14.2. The summed E-state index contributed by atoms with van der Waals surface area (Å²) in [6, 6.07) is 9.13. The number of nitrogens with one attached hydrogen (secondary N) is 1. The number of nitrogens with zero attached hydrogens (tertiary/aromatic N) is 3. The Morgan fingerprint density at radius 1 is 1.31 bits per heavy atom. The molecule has 2 amide bonds. The predicted molar refractivity (Wildman–Crippen MR) is 105 cm³/mol. The zero-order valence-electron chi connectivity index (χ0n) is 16.5. The normalized spacial score (nSPS) is 21.8. The summed E-state index contributed by atoms with van der Waals surface area (Å²) in [6.45, 7) is 1.19. The molecule has 2 aliphatic rings. The highest BCUT2D eigenvalue weighted by Crippen LogP contribution is 2.39.